The first-order valence-corrected chi connectivity index (χ1v) is 9.72. The summed E-state index contributed by atoms with van der Waals surface area (Å²) >= 11 is 0. The van der Waals surface area contributed by atoms with Gasteiger partial charge < -0.3 is 20.1 Å². The molecule has 0 aliphatic rings. The van der Waals surface area contributed by atoms with Gasteiger partial charge in [0, 0.05) is 31.6 Å². The molecule has 2 aromatic rings. The number of para-hydroxylation sites is 1. The number of anilines is 1. The lowest BCUT2D eigenvalue weighted by molar-refractivity contribution is -0.274. The van der Waals surface area contributed by atoms with Gasteiger partial charge in [0.1, 0.15) is 5.75 Å². The average molecular weight is 449 g/mol. The first-order valence-electron chi connectivity index (χ1n) is 9.72. The van der Waals surface area contributed by atoms with E-state index in [2.05, 4.69) is 10.1 Å². The van der Waals surface area contributed by atoms with Crippen molar-refractivity contribution in [2.75, 3.05) is 18.0 Å². The number of ether oxygens (including phenoxy) is 1. The number of amides is 2. The number of aliphatic hydroxyl groups excluding tert-OH is 1. The number of benzene rings is 2. The second kappa shape index (κ2) is 11.7. The van der Waals surface area contributed by atoms with Crippen molar-refractivity contribution in [1.82, 2.24) is 5.32 Å². The van der Waals surface area contributed by atoms with Gasteiger partial charge in [-0.05, 0) is 29.8 Å². The van der Waals surface area contributed by atoms with Crippen molar-refractivity contribution in [3.05, 3.63) is 60.2 Å². The molecule has 10 heteroatoms. The van der Waals surface area contributed by atoms with E-state index in [9.17, 15) is 27.9 Å². The molecular weight excluding hydrogens is 427 g/mol. The summed E-state index contributed by atoms with van der Waals surface area (Å²) in [5, 5.41) is 21.4. The first-order chi connectivity index (χ1) is 15.2. The van der Waals surface area contributed by atoms with Gasteiger partial charge >= 0.3 is 6.36 Å². The summed E-state index contributed by atoms with van der Waals surface area (Å²) in [6, 6.07) is 15.4. The van der Waals surface area contributed by atoms with Crippen LogP contribution >= 0.6 is 0 Å². The maximum absolute atomic E-state index is 12.5. The Morgan fingerprint density at radius 3 is 2.34 bits per heavy atom. The summed E-state index contributed by atoms with van der Waals surface area (Å²) in [5.41, 5.74) is 0.921. The zero-order valence-electron chi connectivity index (χ0n) is 17.0. The van der Waals surface area contributed by atoms with E-state index in [0.717, 1.165) is 12.1 Å². The van der Waals surface area contributed by atoms with Crippen molar-refractivity contribution in [2.24, 2.45) is 0 Å². The second-order valence-electron chi connectivity index (χ2n) is 6.73. The van der Waals surface area contributed by atoms with Crippen molar-refractivity contribution in [3.63, 3.8) is 0 Å². The topological polar surface area (TPSA) is 103 Å². The molecule has 2 N–H and O–H groups in total. The molecule has 0 aliphatic carbocycles. The van der Waals surface area contributed by atoms with Crippen molar-refractivity contribution >= 4 is 17.5 Å². The normalized spacial score (nSPS) is 11.8. The van der Waals surface area contributed by atoms with E-state index < -0.39 is 24.1 Å². The van der Waals surface area contributed by atoms with Gasteiger partial charge in [-0.2, -0.15) is 5.26 Å². The molecule has 0 aliphatic heterocycles. The molecule has 170 valence electrons. The fourth-order valence-electron chi connectivity index (χ4n) is 2.83. The van der Waals surface area contributed by atoms with E-state index in [1.807, 2.05) is 6.07 Å². The minimum atomic E-state index is -4.81. The van der Waals surface area contributed by atoms with Crippen molar-refractivity contribution < 1.29 is 32.6 Å². The van der Waals surface area contributed by atoms with Crippen molar-refractivity contribution in [1.29, 1.82) is 5.26 Å². The van der Waals surface area contributed by atoms with E-state index in [4.69, 9.17) is 5.26 Å². The Bertz CT molecular complexity index is 928. The van der Waals surface area contributed by atoms with Crippen LogP contribution in [-0.4, -0.2) is 36.4 Å². The molecule has 0 aromatic heterocycles. The van der Waals surface area contributed by atoms with Crippen LogP contribution in [0.5, 0.6) is 5.75 Å². The fourth-order valence-corrected chi connectivity index (χ4v) is 2.83. The van der Waals surface area contributed by atoms with E-state index in [1.54, 1.807) is 30.3 Å². The maximum Gasteiger partial charge on any atom is 0.573 e. The van der Waals surface area contributed by atoms with Crippen molar-refractivity contribution in [2.45, 2.75) is 31.7 Å². The number of nitrogens with one attached hydrogen (secondary N) is 1. The van der Waals surface area contributed by atoms with Gasteiger partial charge in [0.25, 0.3) is 0 Å². The lowest BCUT2D eigenvalue weighted by Gasteiger charge is -2.21. The summed E-state index contributed by atoms with van der Waals surface area (Å²) in [4.78, 5) is 26.1. The third-order valence-electron chi connectivity index (χ3n) is 4.37. The highest BCUT2D eigenvalue weighted by Gasteiger charge is 2.31. The number of hydrogen-bond acceptors (Lipinski definition) is 5. The minimum Gasteiger partial charge on any atom is -0.406 e. The number of rotatable bonds is 10. The van der Waals surface area contributed by atoms with Gasteiger partial charge in [-0.1, -0.05) is 30.3 Å². The molecule has 2 rings (SSSR count). The molecule has 0 saturated carbocycles. The zero-order valence-corrected chi connectivity index (χ0v) is 17.0. The highest BCUT2D eigenvalue weighted by Crippen LogP contribution is 2.24. The molecule has 1 unspecified atom stereocenters. The summed E-state index contributed by atoms with van der Waals surface area (Å²) in [7, 11) is 0. The lowest BCUT2D eigenvalue weighted by atomic mass is 10.1. The molecular formula is C22H22F3N3O4. The van der Waals surface area contributed by atoms with Gasteiger partial charge in [0.05, 0.1) is 18.6 Å². The molecule has 2 aromatic carbocycles. The summed E-state index contributed by atoms with van der Waals surface area (Å²) < 4.78 is 40.3. The van der Waals surface area contributed by atoms with E-state index in [1.165, 1.54) is 17.0 Å². The van der Waals surface area contributed by atoms with Crippen molar-refractivity contribution in [3.8, 4) is 11.8 Å². The molecule has 0 radical (unpaired) electrons. The highest BCUT2D eigenvalue weighted by molar-refractivity contribution is 5.95. The maximum atomic E-state index is 12.5. The highest BCUT2D eigenvalue weighted by atomic mass is 19.4. The number of nitrogens with zero attached hydrogens (tertiary/aromatic N) is 2. The third kappa shape index (κ3) is 8.28. The molecule has 1 atom stereocenters. The molecule has 0 heterocycles. The fraction of sp³-hybridized carbons (Fsp3) is 0.318. The smallest absolute Gasteiger partial charge is 0.406 e. The largest absolute Gasteiger partial charge is 0.573 e. The molecule has 32 heavy (non-hydrogen) atoms. The van der Waals surface area contributed by atoms with Crippen LogP contribution in [0, 0.1) is 11.3 Å². The van der Waals surface area contributed by atoms with E-state index in [-0.39, 0.29) is 38.3 Å². The first kappa shape index (κ1) is 24.7. The number of alkyl halides is 3. The summed E-state index contributed by atoms with van der Waals surface area (Å²) in [6.45, 7) is 0.0249. The second-order valence-corrected chi connectivity index (χ2v) is 6.73. The molecule has 0 fully saturated rings. The number of hydrogen-bond donors (Lipinski definition) is 2. The van der Waals surface area contributed by atoms with Crippen LogP contribution in [0.4, 0.5) is 18.9 Å². The average Bonchev–Trinajstić information content (AvgIpc) is 2.76. The third-order valence-corrected chi connectivity index (χ3v) is 4.37. The molecule has 0 saturated heterocycles. The van der Waals surface area contributed by atoms with Crippen LogP contribution in [0.3, 0.4) is 0 Å². The summed E-state index contributed by atoms with van der Waals surface area (Å²) in [5.74, 6) is -1.21. The molecule has 0 bridgehead atoms. The van der Waals surface area contributed by atoms with Crippen LogP contribution in [0.2, 0.25) is 0 Å². The van der Waals surface area contributed by atoms with Crippen LogP contribution in [0.15, 0.2) is 54.6 Å². The monoisotopic (exact) mass is 449 g/mol. The van der Waals surface area contributed by atoms with Gasteiger partial charge in [0.15, 0.2) is 0 Å². The Hall–Kier alpha value is -3.58. The quantitative estimate of drug-likeness (QED) is 0.578. The SMILES string of the molecule is N#CCCN(C(=O)CCC(=O)NCC(O)c1ccc(OC(F)(F)F)cc1)c1ccccc1. The predicted molar refractivity (Wildman–Crippen MR) is 109 cm³/mol. The Kier molecular flexibility index (Phi) is 9.04. The number of carbonyl (C=O) groups is 2. The van der Waals surface area contributed by atoms with Crippen LogP contribution < -0.4 is 15.0 Å². The van der Waals surface area contributed by atoms with Gasteiger partial charge in [-0.3, -0.25) is 9.59 Å². The van der Waals surface area contributed by atoms with Gasteiger partial charge in [-0.15, -0.1) is 13.2 Å². The Labute approximate surface area is 183 Å². The van der Waals surface area contributed by atoms with E-state index >= 15 is 0 Å². The molecule has 2 amide bonds. The minimum absolute atomic E-state index is 0.0915. The Morgan fingerprint density at radius 1 is 1.09 bits per heavy atom. The zero-order chi connectivity index (χ0) is 23.6. The Morgan fingerprint density at radius 2 is 1.75 bits per heavy atom. The van der Waals surface area contributed by atoms with Crippen LogP contribution in [0.25, 0.3) is 0 Å². The molecule has 0 spiro atoms. The van der Waals surface area contributed by atoms with Gasteiger partial charge in [0.2, 0.25) is 11.8 Å². The molecule has 7 nitrogen and oxygen atoms in total. The Balaban J connectivity index is 1.83. The van der Waals surface area contributed by atoms with Crippen LogP contribution in [-0.2, 0) is 9.59 Å². The standard InChI is InChI=1S/C22H22F3N3O4/c23-22(24,25)32-18-9-7-16(8-10-18)19(29)15-27-20(30)11-12-21(31)28(14-4-13-26)17-5-2-1-3-6-17/h1-3,5-10,19,29H,4,11-12,14-15H2,(H,27,30). The number of nitriles is 1. The van der Waals surface area contributed by atoms with Crippen LogP contribution in [0.1, 0.15) is 30.9 Å². The predicted octanol–water partition coefficient (Wildman–Crippen LogP) is 3.46. The summed E-state index contributed by atoms with van der Waals surface area (Å²) in [6.07, 6.45) is -6.03. The number of carbonyl (C=O) groups excluding carboxylic acids is 2. The number of halogens is 3. The van der Waals surface area contributed by atoms with Gasteiger partial charge in [-0.25, -0.2) is 0 Å². The number of aliphatic hydroxyl groups is 1. The van der Waals surface area contributed by atoms with E-state index in [0.29, 0.717) is 11.3 Å². The lowest BCUT2D eigenvalue weighted by Crippen LogP contribution is -2.34.